The summed E-state index contributed by atoms with van der Waals surface area (Å²) in [6.07, 6.45) is 3.01. The van der Waals surface area contributed by atoms with E-state index in [-0.39, 0.29) is 0 Å². The van der Waals surface area contributed by atoms with Gasteiger partial charge in [0.15, 0.2) is 11.5 Å². The lowest BCUT2D eigenvalue weighted by atomic mass is 10.2. The lowest BCUT2D eigenvalue weighted by molar-refractivity contribution is 0.570. The van der Waals surface area contributed by atoms with Gasteiger partial charge in [0, 0.05) is 11.3 Å². The van der Waals surface area contributed by atoms with Crippen LogP contribution in [0.5, 0.6) is 0 Å². The molecule has 0 aliphatic carbocycles. The van der Waals surface area contributed by atoms with Gasteiger partial charge in [0.1, 0.15) is 5.02 Å². The highest BCUT2D eigenvalue weighted by Crippen LogP contribution is 2.25. The van der Waals surface area contributed by atoms with Gasteiger partial charge in [-0.3, -0.25) is 14.4 Å². The molecule has 3 N–H and O–H groups in total. The molecular formula is C14H16ClN5O2S. The van der Waals surface area contributed by atoms with Gasteiger partial charge in [-0.1, -0.05) is 24.9 Å². The number of fused-ring (bicyclic) bond motifs is 1. The molecule has 0 saturated heterocycles. The van der Waals surface area contributed by atoms with Crippen molar-refractivity contribution in [3.05, 3.63) is 35.0 Å². The molecule has 3 rings (SSSR count). The van der Waals surface area contributed by atoms with Crippen molar-refractivity contribution < 1.29 is 8.76 Å². The first-order valence-corrected chi connectivity index (χ1v) is 8.68. The van der Waals surface area contributed by atoms with Crippen LogP contribution in [0, 0.1) is 0 Å². The Labute approximate surface area is 140 Å². The van der Waals surface area contributed by atoms with Gasteiger partial charge in [0.2, 0.25) is 0 Å². The molecular weight excluding hydrogens is 338 g/mol. The fraction of sp³-hybridized carbons (Fsp3) is 0.286. The number of benzene rings is 1. The Morgan fingerprint density at radius 1 is 1.39 bits per heavy atom. The normalized spacial score (nSPS) is 12.7. The van der Waals surface area contributed by atoms with E-state index in [1.165, 1.54) is 0 Å². The molecule has 2 aromatic heterocycles. The highest BCUT2D eigenvalue weighted by Gasteiger charge is 2.15. The maximum absolute atomic E-state index is 10.7. The molecule has 1 aromatic carbocycles. The predicted octanol–water partition coefficient (Wildman–Crippen LogP) is 3.27. The van der Waals surface area contributed by atoms with Crippen LogP contribution in [-0.4, -0.2) is 28.6 Å². The van der Waals surface area contributed by atoms with E-state index in [1.807, 2.05) is 0 Å². The van der Waals surface area contributed by atoms with Crippen LogP contribution in [0.3, 0.4) is 0 Å². The quantitative estimate of drug-likeness (QED) is 0.592. The van der Waals surface area contributed by atoms with E-state index in [0.29, 0.717) is 22.2 Å². The van der Waals surface area contributed by atoms with E-state index in [4.69, 9.17) is 16.2 Å². The summed E-state index contributed by atoms with van der Waals surface area (Å²) in [5, 5.41) is 8.15. The maximum atomic E-state index is 10.7. The smallest absolute Gasteiger partial charge is 0.259 e. The highest BCUT2D eigenvalue weighted by molar-refractivity contribution is 7.80. The minimum atomic E-state index is -2.09. The van der Waals surface area contributed by atoms with Crippen molar-refractivity contribution in [3.8, 4) is 11.4 Å². The van der Waals surface area contributed by atoms with Gasteiger partial charge < -0.3 is 0 Å². The van der Waals surface area contributed by atoms with E-state index in [0.717, 1.165) is 30.5 Å². The second kappa shape index (κ2) is 6.69. The van der Waals surface area contributed by atoms with Crippen molar-refractivity contribution in [2.45, 2.75) is 26.2 Å². The summed E-state index contributed by atoms with van der Waals surface area (Å²) >= 11 is 4.26. The number of unbranched alkanes of at least 4 members (excludes halogenated alkanes) is 1. The van der Waals surface area contributed by atoms with Crippen molar-refractivity contribution >= 4 is 34.2 Å². The number of anilines is 1. The lowest BCUT2D eigenvalue weighted by Crippen LogP contribution is -2.01. The standard InChI is InChI=1S/C14H16ClN5O2S/c1-2-3-4-11-12(15)14-16-13(18-20(14)17-11)9-5-7-10(8-6-9)19-23(21)22/h5-8,17,19H,2-4H2,1H3,(H,21,22). The Hall–Kier alpha value is -1.90. The van der Waals surface area contributed by atoms with Crippen molar-refractivity contribution in [1.29, 1.82) is 0 Å². The zero-order valence-electron chi connectivity index (χ0n) is 12.4. The first-order chi connectivity index (χ1) is 11.1. The van der Waals surface area contributed by atoms with Crippen LogP contribution in [0.4, 0.5) is 5.69 Å². The zero-order valence-corrected chi connectivity index (χ0v) is 14.0. The molecule has 2 heterocycles. The van der Waals surface area contributed by atoms with Crippen molar-refractivity contribution in [3.63, 3.8) is 0 Å². The largest absolute Gasteiger partial charge is 0.289 e. The molecule has 122 valence electrons. The van der Waals surface area contributed by atoms with Crippen molar-refractivity contribution in [2.75, 3.05) is 4.72 Å². The van der Waals surface area contributed by atoms with Gasteiger partial charge in [-0.25, -0.2) is 9.19 Å². The molecule has 0 amide bonds. The number of hydrogen-bond acceptors (Lipinski definition) is 3. The number of aryl methyl sites for hydroxylation is 1. The second-order valence-electron chi connectivity index (χ2n) is 5.11. The average molecular weight is 354 g/mol. The molecule has 0 saturated carbocycles. The summed E-state index contributed by atoms with van der Waals surface area (Å²) < 4.78 is 23.5. The SMILES string of the molecule is CCCCc1[nH]n2nc(-c3ccc(NS(=O)O)cc3)nc2c1Cl. The first kappa shape index (κ1) is 16.0. The van der Waals surface area contributed by atoms with Gasteiger partial charge in [0.05, 0.1) is 5.69 Å². The number of halogens is 1. The zero-order chi connectivity index (χ0) is 16.4. The molecule has 9 heteroatoms. The fourth-order valence-corrected chi connectivity index (χ4v) is 2.87. The van der Waals surface area contributed by atoms with Gasteiger partial charge >= 0.3 is 0 Å². The van der Waals surface area contributed by atoms with Gasteiger partial charge in [-0.2, -0.15) is 4.63 Å². The molecule has 0 bridgehead atoms. The third kappa shape index (κ3) is 3.39. The van der Waals surface area contributed by atoms with Crippen molar-refractivity contribution in [2.24, 2.45) is 0 Å². The maximum Gasteiger partial charge on any atom is 0.259 e. The molecule has 7 nitrogen and oxygen atoms in total. The Balaban J connectivity index is 1.87. The number of hydrogen-bond donors (Lipinski definition) is 3. The molecule has 1 atom stereocenters. The van der Waals surface area contributed by atoms with Crippen LogP contribution in [0.2, 0.25) is 5.02 Å². The van der Waals surface area contributed by atoms with Crippen LogP contribution in [0.25, 0.3) is 17.0 Å². The molecule has 0 aliphatic heterocycles. The van der Waals surface area contributed by atoms with E-state index in [2.05, 4.69) is 26.8 Å². The number of nitrogens with one attached hydrogen (secondary N) is 2. The summed E-state index contributed by atoms with van der Waals surface area (Å²) in [5.41, 5.74) is 2.88. The minimum Gasteiger partial charge on any atom is -0.289 e. The van der Waals surface area contributed by atoms with E-state index >= 15 is 0 Å². The second-order valence-corrected chi connectivity index (χ2v) is 6.19. The average Bonchev–Trinajstić information content (AvgIpc) is 3.05. The van der Waals surface area contributed by atoms with Crippen molar-refractivity contribution in [1.82, 2.24) is 19.8 Å². The van der Waals surface area contributed by atoms with Gasteiger partial charge in [-0.15, -0.1) is 5.10 Å². The Bertz CT molecular complexity index is 843. The molecule has 0 spiro atoms. The van der Waals surface area contributed by atoms with Gasteiger partial charge in [0.25, 0.3) is 11.3 Å². The first-order valence-electron chi connectivity index (χ1n) is 7.19. The molecule has 1 unspecified atom stereocenters. The summed E-state index contributed by atoms with van der Waals surface area (Å²) in [6.45, 7) is 2.13. The highest BCUT2D eigenvalue weighted by atomic mass is 35.5. The summed E-state index contributed by atoms with van der Waals surface area (Å²) in [7, 11) is 0. The molecule has 23 heavy (non-hydrogen) atoms. The predicted molar refractivity (Wildman–Crippen MR) is 90.8 cm³/mol. The van der Waals surface area contributed by atoms with Crippen LogP contribution in [0.15, 0.2) is 24.3 Å². The summed E-state index contributed by atoms with van der Waals surface area (Å²) in [6, 6.07) is 6.92. The van der Waals surface area contributed by atoms with E-state index in [1.54, 1.807) is 28.9 Å². The molecule has 0 fully saturated rings. The summed E-state index contributed by atoms with van der Waals surface area (Å²) in [5.74, 6) is 0.539. The molecule has 0 aliphatic rings. The minimum absolute atomic E-state index is 0.539. The van der Waals surface area contributed by atoms with E-state index < -0.39 is 11.3 Å². The molecule has 3 aromatic rings. The number of rotatable bonds is 6. The Kier molecular flexibility index (Phi) is 4.65. The summed E-state index contributed by atoms with van der Waals surface area (Å²) in [4.78, 5) is 4.46. The number of aromatic nitrogens is 4. The molecule has 0 radical (unpaired) electrons. The van der Waals surface area contributed by atoms with E-state index in [9.17, 15) is 4.21 Å². The topological polar surface area (TPSA) is 95.3 Å². The Morgan fingerprint density at radius 3 is 2.74 bits per heavy atom. The van der Waals surface area contributed by atoms with Crippen LogP contribution >= 0.6 is 11.6 Å². The van der Waals surface area contributed by atoms with Gasteiger partial charge in [-0.05, 0) is 37.1 Å². The lowest BCUT2D eigenvalue weighted by Gasteiger charge is -2.01. The number of H-pyrrole nitrogens is 1. The Morgan fingerprint density at radius 2 is 2.13 bits per heavy atom. The fourth-order valence-electron chi connectivity index (χ4n) is 2.27. The number of aromatic amines is 1. The third-order valence-electron chi connectivity index (χ3n) is 3.44. The van der Waals surface area contributed by atoms with Crippen LogP contribution < -0.4 is 4.72 Å². The third-order valence-corrected chi connectivity index (χ3v) is 4.25. The van der Waals surface area contributed by atoms with Crippen LogP contribution in [-0.2, 0) is 17.7 Å². The van der Waals surface area contributed by atoms with Crippen LogP contribution in [0.1, 0.15) is 25.5 Å². The monoisotopic (exact) mass is 353 g/mol. The number of nitrogens with zero attached hydrogens (tertiary/aromatic N) is 3.